The molecule has 0 spiro atoms. The Bertz CT molecular complexity index is 704. The second-order valence-electron chi connectivity index (χ2n) is 5.97. The van der Waals surface area contributed by atoms with Crippen LogP contribution in [0.2, 0.25) is 5.02 Å². The Morgan fingerprint density at radius 2 is 2.17 bits per heavy atom. The van der Waals surface area contributed by atoms with Gasteiger partial charge in [-0.2, -0.15) is 0 Å². The molecule has 2 rings (SSSR count). The molecular weight excluding hydrogens is 314 g/mol. The summed E-state index contributed by atoms with van der Waals surface area (Å²) >= 11 is 6.28. The number of benzene rings is 1. The van der Waals surface area contributed by atoms with Crippen LogP contribution in [0.25, 0.3) is 10.9 Å². The van der Waals surface area contributed by atoms with Crippen LogP contribution in [0.15, 0.2) is 24.4 Å². The van der Waals surface area contributed by atoms with E-state index in [9.17, 15) is 9.90 Å². The van der Waals surface area contributed by atoms with Crippen molar-refractivity contribution in [2.24, 2.45) is 5.92 Å². The molecule has 1 aromatic carbocycles. The van der Waals surface area contributed by atoms with Crippen LogP contribution in [0.3, 0.4) is 0 Å². The fourth-order valence-electron chi connectivity index (χ4n) is 2.60. The summed E-state index contributed by atoms with van der Waals surface area (Å²) in [5.41, 5.74) is 2.33. The number of aryl methyl sites for hydroxylation is 1. The van der Waals surface area contributed by atoms with Crippen molar-refractivity contribution < 1.29 is 9.90 Å². The van der Waals surface area contributed by atoms with Crippen molar-refractivity contribution in [3.05, 3.63) is 35.0 Å². The van der Waals surface area contributed by atoms with E-state index in [1.165, 1.54) is 0 Å². The molecule has 3 N–H and O–H groups in total. The SMILES string of the molecule is Cc1cc(Cl)c(NC(=O)NC[C@@H](C)C[C@H](C)O)c2cccnc12. The smallest absolute Gasteiger partial charge is 0.319 e. The third-order valence-corrected chi connectivity index (χ3v) is 3.92. The highest BCUT2D eigenvalue weighted by atomic mass is 35.5. The Kier molecular flexibility index (Phi) is 5.80. The van der Waals surface area contributed by atoms with Gasteiger partial charge in [-0.15, -0.1) is 0 Å². The zero-order valence-electron chi connectivity index (χ0n) is 13.6. The van der Waals surface area contributed by atoms with E-state index < -0.39 is 0 Å². The second-order valence-corrected chi connectivity index (χ2v) is 6.38. The molecule has 0 saturated carbocycles. The summed E-state index contributed by atoms with van der Waals surface area (Å²) in [7, 11) is 0. The Hall–Kier alpha value is -1.85. The second kappa shape index (κ2) is 7.62. The highest BCUT2D eigenvalue weighted by Crippen LogP contribution is 2.32. The number of aliphatic hydroxyl groups is 1. The fraction of sp³-hybridized carbons (Fsp3) is 0.412. The summed E-state index contributed by atoms with van der Waals surface area (Å²) in [6.45, 7) is 6.13. The summed E-state index contributed by atoms with van der Waals surface area (Å²) in [5.74, 6) is 0.188. The van der Waals surface area contributed by atoms with Crippen LogP contribution in [0.1, 0.15) is 25.8 Å². The van der Waals surface area contributed by atoms with Gasteiger partial charge in [-0.3, -0.25) is 4.98 Å². The lowest BCUT2D eigenvalue weighted by Gasteiger charge is -2.16. The summed E-state index contributed by atoms with van der Waals surface area (Å²) in [5, 5.41) is 16.2. The predicted molar refractivity (Wildman–Crippen MR) is 94.0 cm³/mol. The minimum atomic E-state index is -0.378. The van der Waals surface area contributed by atoms with Gasteiger partial charge in [0.1, 0.15) is 0 Å². The Morgan fingerprint density at radius 3 is 2.87 bits per heavy atom. The number of amides is 2. The lowest BCUT2D eigenvalue weighted by Crippen LogP contribution is -2.33. The molecule has 2 aromatic rings. The van der Waals surface area contributed by atoms with Crippen LogP contribution >= 0.6 is 11.6 Å². The first kappa shape index (κ1) is 17.5. The maximum Gasteiger partial charge on any atom is 0.319 e. The van der Waals surface area contributed by atoms with Gasteiger partial charge in [0.05, 0.1) is 22.3 Å². The van der Waals surface area contributed by atoms with E-state index in [2.05, 4.69) is 15.6 Å². The number of hydrogen-bond donors (Lipinski definition) is 3. The van der Waals surface area contributed by atoms with Crippen LogP contribution < -0.4 is 10.6 Å². The molecule has 124 valence electrons. The quantitative estimate of drug-likeness (QED) is 0.779. The van der Waals surface area contributed by atoms with Crippen molar-refractivity contribution in [1.29, 1.82) is 0 Å². The van der Waals surface area contributed by atoms with E-state index in [1.54, 1.807) is 19.2 Å². The zero-order chi connectivity index (χ0) is 17.0. The van der Waals surface area contributed by atoms with Crippen LogP contribution in [0, 0.1) is 12.8 Å². The maximum atomic E-state index is 12.1. The number of hydrogen-bond acceptors (Lipinski definition) is 3. The van der Waals surface area contributed by atoms with Gasteiger partial charge in [-0.1, -0.05) is 18.5 Å². The van der Waals surface area contributed by atoms with Crippen molar-refractivity contribution in [2.45, 2.75) is 33.3 Å². The molecule has 23 heavy (non-hydrogen) atoms. The Labute approximate surface area is 141 Å². The van der Waals surface area contributed by atoms with Gasteiger partial charge in [-0.25, -0.2) is 4.79 Å². The number of fused-ring (bicyclic) bond motifs is 1. The highest BCUT2D eigenvalue weighted by Gasteiger charge is 2.13. The zero-order valence-corrected chi connectivity index (χ0v) is 14.3. The van der Waals surface area contributed by atoms with Crippen LogP contribution in [0.5, 0.6) is 0 Å². The molecule has 1 heterocycles. The van der Waals surface area contributed by atoms with Crippen LogP contribution in [0.4, 0.5) is 10.5 Å². The maximum absolute atomic E-state index is 12.1. The number of aliphatic hydroxyl groups excluding tert-OH is 1. The van der Waals surface area contributed by atoms with Crippen LogP contribution in [-0.2, 0) is 0 Å². The summed E-state index contributed by atoms with van der Waals surface area (Å²) < 4.78 is 0. The van der Waals surface area contributed by atoms with Crippen molar-refractivity contribution >= 4 is 34.2 Å². The summed E-state index contributed by atoms with van der Waals surface area (Å²) in [6, 6.07) is 5.17. The van der Waals surface area contributed by atoms with Crippen molar-refractivity contribution in [2.75, 3.05) is 11.9 Å². The van der Waals surface area contributed by atoms with E-state index in [1.807, 2.05) is 26.0 Å². The van der Waals surface area contributed by atoms with Crippen molar-refractivity contribution in [3.63, 3.8) is 0 Å². The van der Waals surface area contributed by atoms with Crippen molar-refractivity contribution in [3.8, 4) is 0 Å². The molecule has 2 atom stereocenters. The minimum absolute atomic E-state index is 0.188. The third kappa shape index (κ3) is 4.56. The summed E-state index contributed by atoms with van der Waals surface area (Å²) in [6.07, 6.45) is 1.97. The predicted octanol–water partition coefficient (Wildman–Crippen LogP) is 3.73. The first-order valence-electron chi connectivity index (χ1n) is 7.65. The number of nitrogens with one attached hydrogen (secondary N) is 2. The van der Waals surface area contributed by atoms with Gasteiger partial charge < -0.3 is 15.7 Å². The van der Waals surface area contributed by atoms with E-state index in [0.29, 0.717) is 23.7 Å². The first-order valence-corrected chi connectivity index (χ1v) is 8.03. The standard InChI is InChI=1S/C17H22ClN3O2/c1-10(7-12(3)22)9-20-17(23)21-16-13-5-4-6-19-15(13)11(2)8-14(16)18/h4-6,8,10,12,22H,7,9H2,1-3H3,(H2,20,21,23)/t10-,12-/m0/s1. The first-order chi connectivity index (χ1) is 10.9. The molecule has 0 aliphatic carbocycles. The topological polar surface area (TPSA) is 74.2 Å². The molecule has 0 radical (unpaired) electrons. The molecule has 0 saturated heterocycles. The van der Waals surface area contributed by atoms with Crippen LogP contribution in [-0.4, -0.2) is 28.8 Å². The van der Waals surface area contributed by atoms with E-state index >= 15 is 0 Å². The molecule has 0 fully saturated rings. The van der Waals surface area contributed by atoms with E-state index in [0.717, 1.165) is 16.5 Å². The van der Waals surface area contributed by atoms with Gasteiger partial charge >= 0.3 is 6.03 Å². The number of pyridine rings is 1. The van der Waals surface area contributed by atoms with E-state index in [4.69, 9.17) is 11.6 Å². The minimum Gasteiger partial charge on any atom is -0.393 e. The lowest BCUT2D eigenvalue weighted by molar-refractivity contribution is 0.163. The molecule has 0 unspecified atom stereocenters. The number of urea groups is 1. The van der Waals surface area contributed by atoms with E-state index in [-0.39, 0.29) is 18.1 Å². The summed E-state index contributed by atoms with van der Waals surface area (Å²) in [4.78, 5) is 16.5. The van der Waals surface area contributed by atoms with Crippen molar-refractivity contribution in [1.82, 2.24) is 10.3 Å². The average molecular weight is 336 g/mol. The highest BCUT2D eigenvalue weighted by molar-refractivity contribution is 6.35. The Balaban J connectivity index is 2.11. The molecule has 0 aliphatic heterocycles. The number of halogens is 1. The largest absolute Gasteiger partial charge is 0.393 e. The Morgan fingerprint density at radius 1 is 1.43 bits per heavy atom. The number of aromatic nitrogens is 1. The molecule has 2 amide bonds. The van der Waals surface area contributed by atoms with Gasteiger partial charge in [0.2, 0.25) is 0 Å². The van der Waals surface area contributed by atoms with Gasteiger partial charge in [0.25, 0.3) is 0 Å². The van der Waals surface area contributed by atoms with Gasteiger partial charge in [0.15, 0.2) is 0 Å². The number of anilines is 1. The van der Waals surface area contributed by atoms with Gasteiger partial charge in [-0.05, 0) is 49.9 Å². The number of carbonyl (C=O) groups excluding carboxylic acids is 1. The monoisotopic (exact) mass is 335 g/mol. The normalized spacial score (nSPS) is 13.6. The third-order valence-electron chi connectivity index (χ3n) is 3.63. The molecule has 0 aliphatic rings. The fourth-order valence-corrected chi connectivity index (χ4v) is 2.91. The van der Waals surface area contributed by atoms with Gasteiger partial charge in [0, 0.05) is 18.1 Å². The molecular formula is C17H22ClN3O2. The number of carbonyl (C=O) groups is 1. The molecule has 5 nitrogen and oxygen atoms in total. The number of nitrogens with zero attached hydrogens (tertiary/aromatic N) is 1. The average Bonchev–Trinajstić information content (AvgIpc) is 2.49. The molecule has 0 bridgehead atoms. The lowest BCUT2D eigenvalue weighted by atomic mass is 10.1. The molecule has 1 aromatic heterocycles. The number of rotatable bonds is 5. The molecule has 6 heteroatoms.